The van der Waals surface area contributed by atoms with Gasteiger partial charge in [-0.2, -0.15) is 9.78 Å². The zero-order chi connectivity index (χ0) is 11.8. The van der Waals surface area contributed by atoms with Crippen LogP contribution in [0, 0.1) is 0 Å². The molecule has 1 aliphatic heterocycles. The minimum Gasteiger partial charge on any atom is -0.369 e. The summed E-state index contributed by atoms with van der Waals surface area (Å²) in [5.74, 6) is 1.36. The summed E-state index contributed by atoms with van der Waals surface area (Å²) in [7, 11) is 0. The number of hydrogen-bond donors (Lipinski definition) is 2. The Morgan fingerprint density at radius 2 is 2.12 bits per heavy atom. The van der Waals surface area contributed by atoms with E-state index in [1.54, 1.807) is 0 Å². The number of anilines is 1. The van der Waals surface area contributed by atoms with E-state index in [1.165, 1.54) is 42.3 Å². The van der Waals surface area contributed by atoms with Crippen molar-refractivity contribution in [2.24, 2.45) is 5.73 Å². The normalized spacial score (nSPS) is 20.0. The molecule has 1 aliphatic carbocycles. The average Bonchev–Trinajstić information content (AvgIpc) is 2.90. The van der Waals surface area contributed by atoms with Crippen molar-refractivity contribution in [1.29, 1.82) is 0 Å². The summed E-state index contributed by atoms with van der Waals surface area (Å²) in [6, 6.07) is -0.488. The Balaban J connectivity index is 1.99. The Bertz CT molecular complexity index is 446. The molecule has 0 aromatic carbocycles. The molecular weight excluding hydrogens is 216 g/mol. The largest absolute Gasteiger partial charge is 0.369 e. The van der Waals surface area contributed by atoms with Crippen molar-refractivity contribution in [2.45, 2.75) is 44.4 Å². The number of aromatic nitrogens is 2. The lowest BCUT2D eigenvalue weighted by Gasteiger charge is -2.20. The van der Waals surface area contributed by atoms with E-state index >= 15 is 0 Å². The summed E-state index contributed by atoms with van der Waals surface area (Å²) in [4.78, 5) is 11.3. The van der Waals surface area contributed by atoms with Crippen LogP contribution in [0.2, 0.25) is 0 Å². The van der Waals surface area contributed by atoms with Crippen LogP contribution in [-0.4, -0.2) is 22.4 Å². The van der Waals surface area contributed by atoms with Crippen molar-refractivity contribution < 1.29 is 4.79 Å². The first-order valence-corrected chi connectivity index (χ1v) is 6.43. The first kappa shape index (κ1) is 10.6. The molecule has 5 nitrogen and oxygen atoms in total. The van der Waals surface area contributed by atoms with Crippen LogP contribution in [0.25, 0.3) is 0 Å². The van der Waals surface area contributed by atoms with Crippen LogP contribution in [0.1, 0.15) is 49.3 Å². The van der Waals surface area contributed by atoms with Crippen LogP contribution >= 0.6 is 0 Å². The SMILES string of the molecule is NC(=O)n1nc(C2CCCCC2)c2c1NCC2. The van der Waals surface area contributed by atoms with E-state index in [1.807, 2.05) is 0 Å². The third-order valence-electron chi connectivity index (χ3n) is 3.88. The van der Waals surface area contributed by atoms with Gasteiger partial charge in [-0.15, -0.1) is 0 Å². The smallest absolute Gasteiger partial charge is 0.341 e. The van der Waals surface area contributed by atoms with Gasteiger partial charge in [0.05, 0.1) is 5.69 Å². The number of nitrogens with two attached hydrogens (primary N) is 1. The zero-order valence-corrected chi connectivity index (χ0v) is 9.91. The van der Waals surface area contributed by atoms with Gasteiger partial charge in [0.2, 0.25) is 0 Å². The molecule has 3 rings (SSSR count). The number of nitrogens with zero attached hydrogens (tertiary/aromatic N) is 2. The first-order valence-electron chi connectivity index (χ1n) is 6.43. The summed E-state index contributed by atoms with van der Waals surface area (Å²) >= 11 is 0. The molecule has 92 valence electrons. The van der Waals surface area contributed by atoms with Crippen molar-refractivity contribution in [1.82, 2.24) is 9.78 Å². The lowest BCUT2D eigenvalue weighted by Crippen LogP contribution is -2.23. The molecule has 0 atom stereocenters. The minimum absolute atomic E-state index is 0.488. The van der Waals surface area contributed by atoms with E-state index in [-0.39, 0.29) is 0 Å². The predicted octanol–water partition coefficient (Wildman–Crippen LogP) is 1.83. The molecule has 0 radical (unpaired) electrons. The number of nitrogens with one attached hydrogen (secondary N) is 1. The fourth-order valence-corrected chi connectivity index (χ4v) is 3.06. The van der Waals surface area contributed by atoms with Crippen LogP contribution in [0.15, 0.2) is 0 Å². The molecule has 2 aliphatic rings. The van der Waals surface area contributed by atoms with Crippen LogP contribution in [-0.2, 0) is 6.42 Å². The van der Waals surface area contributed by atoms with Gasteiger partial charge in [0.15, 0.2) is 0 Å². The third kappa shape index (κ3) is 1.69. The standard InChI is InChI=1S/C12H18N4O/c13-12(17)16-11-9(6-7-14-11)10(15-16)8-4-2-1-3-5-8/h8,14H,1-7H2,(H2,13,17). The first-order chi connectivity index (χ1) is 8.27. The second kappa shape index (κ2) is 4.05. The maximum Gasteiger partial charge on any atom is 0.341 e. The van der Waals surface area contributed by atoms with E-state index in [2.05, 4.69) is 10.4 Å². The number of amides is 1. The van der Waals surface area contributed by atoms with Crippen molar-refractivity contribution in [2.75, 3.05) is 11.9 Å². The van der Waals surface area contributed by atoms with Gasteiger partial charge in [-0.05, 0) is 19.3 Å². The molecule has 1 fully saturated rings. The van der Waals surface area contributed by atoms with E-state index in [9.17, 15) is 4.79 Å². The van der Waals surface area contributed by atoms with Gasteiger partial charge in [-0.1, -0.05) is 19.3 Å². The Kier molecular flexibility index (Phi) is 2.53. The summed E-state index contributed by atoms with van der Waals surface area (Å²) in [5.41, 5.74) is 7.68. The maximum absolute atomic E-state index is 11.3. The summed E-state index contributed by atoms with van der Waals surface area (Å²) < 4.78 is 1.34. The number of hydrogen-bond acceptors (Lipinski definition) is 3. The monoisotopic (exact) mass is 234 g/mol. The van der Waals surface area contributed by atoms with Gasteiger partial charge in [-0.3, -0.25) is 0 Å². The Morgan fingerprint density at radius 1 is 1.35 bits per heavy atom. The Labute approximate surface area is 100 Å². The van der Waals surface area contributed by atoms with Gasteiger partial charge < -0.3 is 11.1 Å². The van der Waals surface area contributed by atoms with E-state index < -0.39 is 6.03 Å². The molecule has 0 saturated heterocycles. The molecule has 1 aromatic rings. The Hall–Kier alpha value is -1.52. The van der Waals surface area contributed by atoms with Gasteiger partial charge in [0.1, 0.15) is 5.82 Å². The molecule has 1 aromatic heterocycles. The van der Waals surface area contributed by atoms with Gasteiger partial charge >= 0.3 is 6.03 Å². The molecule has 0 unspecified atom stereocenters. The predicted molar refractivity (Wildman–Crippen MR) is 65.2 cm³/mol. The number of fused-ring (bicyclic) bond motifs is 1. The summed E-state index contributed by atoms with van der Waals surface area (Å²) in [6.45, 7) is 0.889. The molecular formula is C12H18N4O. The second-order valence-corrected chi connectivity index (χ2v) is 4.97. The summed E-state index contributed by atoms with van der Waals surface area (Å²) in [6.07, 6.45) is 7.24. The van der Waals surface area contributed by atoms with Crippen molar-refractivity contribution in [3.05, 3.63) is 11.3 Å². The fourth-order valence-electron chi connectivity index (χ4n) is 3.06. The van der Waals surface area contributed by atoms with Gasteiger partial charge in [-0.25, -0.2) is 4.79 Å². The highest BCUT2D eigenvalue weighted by molar-refractivity contribution is 5.79. The maximum atomic E-state index is 11.3. The minimum atomic E-state index is -0.488. The lowest BCUT2D eigenvalue weighted by atomic mass is 9.85. The molecule has 3 N–H and O–H groups in total. The van der Waals surface area contributed by atoms with E-state index in [0.29, 0.717) is 5.92 Å². The molecule has 2 heterocycles. The number of carbonyl (C=O) groups excluding carboxylic acids is 1. The molecule has 0 spiro atoms. The van der Waals surface area contributed by atoms with Crippen molar-refractivity contribution in [3.8, 4) is 0 Å². The molecule has 1 amide bonds. The Morgan fingerprint density at radius 3 is 2.82 bits per heavy atom. The third-order valence-corrected chi connectivity index (χ3v) is 3.88. The van der Waals surface area contributed by atoms with Crippen LogP contribution in [0.4, 0.5) is 10.6 Å². The molecule has 17 heavy (non-hydrogen) atoms. The van der Waals surface area contributed by atoms with Crippen molar-refractivity contribution in [3.63, 3.8) is 0 Å². The molecule has 1 saturated carbocycles. The zero-order valence-electron chi connectivity index (χ0n) is 9.91. The van der Waals surface area contributed by atoms with Crippen LogP contribution in [0.3, 0.4) is 0 Å². The van der Waals surface area contributed by atoms with E-state index in [0.717, 1.165) is 24.5 Å². The number of primary amides is 1. The van der Waals surface area contributed by atoms with Crippen LogP contribution in [0.5, 0.6) is 0 Å². The van der Waals surface area contributed by atoms with Crippen LogP contribution < -0.4 is 11.1 Å². The number of rotatable bonds is 1. The average molecular weight is 234 g/mol. The lowest BCUT2D eigenvalue weighted by molar-refractivity contribution is 0.248. The highest BCUT2D eigenvalue weighted by atomic mass is 16.2. The highest BCUT2D eigenvalue weighted by Gasteiger charge is 2.29. The van der Waals surface area contributed by atoms with E-state index in [4.69, 9.17) is 5.73 Å². The number of carbonyl (C=O) groups is 1. The molecule has 0 bridgehead atoms. The second-order valence-electron chi connectivity index (χ2n) is 4.97. The van der Waals surface area contributed by atoms with Gasteiger partial charge in [0, 0.05) is 18.0 Å². The topological polar surface area (TPSA) is 72.9 Å². The highest BCUT2D eigenvalue weighted by Crippen LogP contribution is 2.37. The quantitative estimate of drug-likeness (QED) is 0.778. The van der Waals surface area contributed by atoms with Gasteiger partial charge in [0.25, 0.3) is 0 Å². The van der Waals surface area contributed by atoms with Crippen molar-refractivity contribution >= 4 is 11.8 Å². The summed E-state index contributed by atoms with van der Waals surface area (Å²) in [5, 5.41) is 7.64. The fraction of sp³-hybridized carbons (Fsp3) is 0.667. The molecule has 5 heteroatoms.